The third-order valence-electron chi connectivity index (χ3n) is 8.25. The van der Waals surface area contributed by atoms with Crippen molar-refractivity contribution >= 4 is 40.4 Å². The highest BCUT2D eigenvalue weighted by Crippen LogP contribution is 2.42. The highest BCUT2D eigenvalue weighted by molar-refractivity contribution is 7.03. The molecule has 0 atom stereocenters. The highest BCUT2D eigenvalue weighted by atomic mass is 28.3. The van der Waals surface area contributed by atoms with Crippen LogP contribution in [-0.4, -0.2) is 8.07 Å². The van der Waals surface area contributed by atoms with Gasteiger partial charge in [-0.1, -0.05) is 67.7 Å². The first kappa shape index (κ1) is 21.6. The number of nitriles is 1. The Bertz CT molecular complexity index is 2050. The van der Waals surface area contributed by atoms with Crippen molar-refractivity contribution in [1.82, 2.24) is 0 Å². The molecule has 4 aromatic carbocycles. The van der Waals surface area contributed by atoms with Crippen LogP contribution in [0.15, 0.2) is 95.5 Å². The Morgan fingerprint density at radius 1 is 0.816 bits per heavy atom. The van der Waals surface area contributed by atoms with E-state index in [-0.39, 0.29) is 0 Å². The molecule has 1 aliphatic rings. The SMILES string of the molecule is [2H]c1cccc(-c2c(C)ccc3c2oc2c(-c4ccc5c(c4)[Si](C)(C)c4ccccc4-5)c(C#N)ccc23)[n+]1C. The monoisotopic (exact) mass is 508 g/mol. The zero-order valence-electron chi connectivity index (χ0n) is 22.9. The number of nitrogens with zero attached hydrogens (tertiary/aromatic N) is 2. The molecule has 0 bridgehead atoms. The first-order chi connectivity index (χ1) is 18.8. The molecule has 0 saturated heterocycles. The summed E-state index contributed by atoms with van der Waals surface area (Å²) in [7, 11) is 0.0299. The predicted octanol–water partition coefficient (Wildman–Crippen LogP) is 6.73. The highest BCUT2D eigenvalue weighted by Gasteiger charge is 2.37. The van der Waals surface area contributed by atoms with E-state index < -0.39 is 8.07 Å². The lowest BCUT2D eigenvalue weighted by Crippen LogP contribution is -2.49. The number of hydrogen-bond acceptors (Lipinski definition) is 2. The van der Waals surface area contributed by atoms with Crippen LogP contribution in [0.4, 0.5) is 0 Å². The molecule has 6 aromatic rings. The number of hydrogen-bond donors (Lipinski definition) is 0. The maximum Gasteiger partial charge on any atom is 0.216 e. The molecule has 38 heavy (non-hydrogen) atoms. The smallest absolute Gasteiger partial charge is 0.216 e. The fourth-order valence-electron chi connectivity index (χ4n) is 6.29. The van der Waals surface area contributed by atoms with Gasteiger partial charge in [0, 0.05) is 28.5 Å². The van der Waals surface area contributed by atoms with Gasteiger partial charge < -0.3 is 4.42 Å². The molecule has 3 heterocycles. The molecule has 3 nitrogen and oxygen atoms in total. The van der Waals surface area contributed by atoms with Crippen molar-refractivity contribution in [2.24, 2.45) is 7.05 Å². The summed E-state index contributed by atoms with van der Waals surface area (Å²) in [5, 5.41) is 15.0. The molecular weight excluding hydrogens is 480 g/mol. The quantitative estimate of drug-likeness (QED) is 0.192. The fraction of sp³-hybridized carbons (Fsp3) is 0.118. The Hall–Kier alpha value is -4.46. The first-order valence-electron chi connectivity index (χ1n) is 13.4. The third-order valence-corrected chi connectivity index (χ3v) is 11.8. The maximum absolute atomic E-state index is 10.2. The molecule has 7 rings (SSSR count). The van der Waals surface area contributed by atoms with Crippen LogP contribution in [-0.2, 0) is 7.05 Å². The van der Waals surface area contributed by atoms with E-state index in [0.717, 1.165) is 49.9 Å². The maximum atomic E-state index is 10.2. The second-order valence-corrected chi connectivity index (χ2v) is 15.1. The van der Waals surface area contributed by atoms with E-state index >= 15 is 0 Å². The largest absolute Gasteiger partial charge is 0.454 e. The predicted molar refractivity (Wildman–Crippen MR) is 157 cm³/mol. The van der Waals surface area contributed by atoms with Gasteiger partial charge >= 0.3 is 0 Å². The standard InChI is InChI=1S/C34H27N2OSi/c1-21-12-15-26-27-17-14-23(20-35)32(34(27)37-33(26)31(21)28-10-7-8-18-36(28)2)22-13-16-25-24-9-5-6-11-29(24)38(3,4)30(25)19-22/h5-19H,1-4H3/q+1/i18D. The molecule has 182 valence electrons. The average molecular weight is 509 g/mol. The molecule has 0 saturated carbocycles. The zero-order chi connectivity index (χ0) is 27.1. The minimum Gasteiger partial charge on any atom is -0.454 e. The van der Waals surface area contributed by atoms with Crippen LogP contribution in [0.1, 0.15) is 12.5 Å². The molecular formula is C34H27N2OSi+. The molecule has 1 aliphatic heterocycles. The Labute approximate surface area is 224 Å². The summed E-state index contributed by atoms with van der Waals surface area (Å²) in [6.45, 7) is 6.89. The van der Waals surface area contributed by atoms with Crippen molar-refractivity contribution in [2.45, 2.75) is 20.0 Å². The van der Waals surface area contributed by atoms with E-state index in [1.54, 1.807) is 6.07 Å². The van der Waals surface area contributed by atoms with Gasteiger partial charge in [0.2, 0.25) is 5.69 Å². The molecule has 0 amide bonds. The van der Waals surface area contributed by atoms with E-state index in [1.165, 1.54) is 21.5 Å². The van der Waals surface area contributed by atoms with Gasteiger partial charge in [-0.3, -0.25) is 0 Å². The summed E-state index contributed by atoms with van der Waals surface area (Å²) in [6.07, 6.45) is 0.429. The zero-order valence-corrected chi connectivity index (χ0v) is 22.9. The van der Waals surface area contributed by atoms with Crippen LogP contribution in [0.2, 0.25) is 13.1 Å². The van der Waals surface area contributed by atoms with Gasteiger partial charge in [0.1, 0.15) is 27.7 Å². The van der Waals surface area contributed by atoms with E-state index in [2.05, 4.69) is 80.7 Å². The van der Waals surface area contributed by atoms with Gasteiger partial charge in [-0.2, -0.15) is 5.26 Å². The lowest BCUT2D eigenvalue weighted by molar-refractivity contribution is -0.660. The van der Waals surface area contributed by atoms with Crippen LogP contribution < -0.4 is 14.9 Å². The summed E-state index contributed by atoms with van der Waals surface area (Å²) in [5.41, 5.74) is 9.60. The second-order valence-electron chi connectivity index (χ2n) is 10.7. The summed E-state index contributed by atoms with van der Waals surface area (Å²) in [5.74, 6) is 0. The van der Waals surface area contributed by atoms with Gasteiger partial charge in [-0.15, -0.1) is 0 Å². The van der Waals surface area contributed by atoms with Gasteiger partial charge in [-0.05, 0) is 57.8 Å². The number of aryl methyl sites for hydroxylation is 1. The summed E-state index contributed by atoms with van der Waals surface area (Å²) < 4.78 is 17.0. The van der Waals surface area contributed by atoms with E-state index in [1.807, 2.05) is 35.9 Å². The minimum atomic E-state index is -1.88. The van der Waals surface area contributed by atoms with E-state index in [9.17, 15) is 5.26 Å². The molecule has 2 aromatic heterocycles. The average Bonchev–Trinajstić information content (AvgIpc) is 3.42. The van der Waals surface area contributed by atoms with E-state index in [4.69, 9.17) is 5.79 Å². The fourth-order valence-corrected chi connectivity index (χ4v) is 9.39. The van der Waals surface area contributed by atoms with Crippen molar-refractivity contribution in [3.05, 3.63) is 102 Å². The van der Waals surface area contributed by atoms with E-state index in [0.29, 0.717) is 11.7 Å². The van der Waals surface area contributed by atoms with Gasteiger partial charge in [0.15, 0.2) is 6.17 Å². The molecule has 4 heteroatoms. The molecule has 0 aliphatic carbocycles. The molecule has 0 fully saturated rings. The van der Waals surface area contributed by atoms with Crippen LogP contribution in [0, 0.1) is 18.3 Å². The third kappa shape index (κ3) is 3.03. The van der Waals surface area contributed by atoms with Crippen LogP contribution in [0.3, 0.4) is 0 Å². The summed E-state index contributed by atoms with van der Waals surface area (Å²) in [6, 6.07) is 31.7. The number of rotatable bonds is 2. The topological polar surface area (TPSA) is 40.8 Å². The number of furan rings is 1. The molecule has 0 N–H and O–H groups in total. The number of aromatic nitrogens is 1. The van der Waals surface area contributed by atoms with Gasteiger partial charge in [-0.25, -0.2) is 4.57 Å². The lowest BCUT2D eigenvalue weighted by Gasteiger charge is -2.19. The van der Waals surface area contributed by atoms with Crippen LogP contribution >= 0.6 is 0 Å². The Morgan fingerprint density at radius 2 is 1.53 bits per heavy atom. The van der Waals surface area contributed by atoms with Crippen molar-refractivity contribution < 1.29 is 10.4 Å². The number of fused-ring (bicyclic) bond motifs is 6. The minimum absolute atomic E-state index is 0.429. The van der Waals surface area contributed by atoms with Crippen molar-refractivity contribution in [1.29, 1.82) is 5.26 Å². The Morgan fingerprint density at radius 3 is 2.34 bits per heavy atom. The molecule has 0 spiro atoms. The van der Waals surface area contributed by atoms with Crippen LogP contribution in [0.5, 0.6) is 0 Å². The Balaban J connectivity index is 1.53. The normalized spacial score (nSPS) is 13.8. The second kappa shape index (κ2) is 8.02. The lowest BCUT2D eigenvalue weighted by atomic mass is 9.95. The van der Waals surface area contributed by atoms with Crippen molar-refractivity contribution in [3.63, 3.8) is 0 Å². The van der Waals surface area contributed by atoms with Crippen molar-refractivity contribution in [3.8, 4) is 39.6 Å². The van der Waals surface area contributed by atoms with Gasteiger partial charge in [0.25, 0.3) is 0 Å². The molecule has 0 radical (unpaired) electrons. The number of pyridine rings is 1. The summed E-state index contributed by atoms with van der Waals surface area (Å²) >= 11 is 0. The molecule has 0 unspecified atom stereocenters. The number of benzene rings is 4. The van der Waals surface area contributed by atoms with Crippen LogP contribution in [0.25, 0.3) is 55.4 Å². The summed E-state index contributed by atoms with van der Waals surface area (Å²) in [4.78, 5) is 0. The first-order valence-corrected chi connectivity index (χ1v) is 15.9. The van der Waals surface area contributed by atoms with Gasteiger partial charge in [0.05, 0.1) is 17.2 Å². The Kier molecular flexibility index (Phi) is 4.56. The van der Waals surface area contributed by atoms with Crippen molar-refractivity contribution in [2.75, 3.05) is 0 Å².